The predicted molar refractivity (Wildman–Crippen MR) is 30.3 cm³/mol. The summed E-state index contributed by atoms with van der Waals surface area (Å²) in [6.45, 7) is 1.58. The highest BCUT2D eigenvalue weighted by atomic mass is 16.6. The van der Waals surface area contributed by atoms with E-state index in [4.69, 9.17) is 10.2 Å². The number of carboxylic acids is 1. The molecule has 10 heavy (non-hydrogen) atoms. The van der Waals surface area contributed by atoms with Gasteiger partial charge in [-0.3, -0.25) is 0 Å². The quantitative estimate of drug-likeness (QED) is 0.396. The van der Waals surface area contributed by atoms with Gasteiger partial charge in [-0.15, -0.1) is 0 Å². The number of hydrogen-bond acceptors (Lipinski definition) is 4. The minimum atomic E-state index is -2.06. The molecule has 2 N–H and O–H groups in total. The first-order valence-electron chi connectivity index (χ1n) is 2.67. The molecule has 0 aliphatic rings. The SMILES string of the molecule is CCOC(=O)C(O)C(=O)O. The van der Waals surface area contributed by atoms with Crippen LogP contribution < -0.4 is 0 Å². The largest absolute Gasteiger partial charge is 0.479 e. The fraction of sp³-hybridized carbons (Fsp3) is 0.600. The molecule has 0 bridgehead atoms. The van der Waals surface area contributed by atoms with Crippen molar-refractivity contribution >= 4 is 11.9 Å². The van der Waals surface area contributed by atoms with Crippen molar-refractivity contribution in [3.05, 3.63) is 0 Å². The van der Waals surface area contributed by atoms with Crippen LogP contribution in [-0.4, -0.2) is 34.9 Å². The van der Waals surface area contributed by atoms with Gasteiger partial charge >= 0.3 is 11.9 Å². The molecule has 0 fully saturated rings. The van der Waals surface area contributed by atoms with Crippen molar-refractivity contribution in [2.24, 2.45) is 0 Å². The molecule has 0 heterocycles. The lowest BCUT2D eigenvalue weighted by atomic mass is 10.4. The van der Waals surface area contributed by atoms with Crippen LogP contribution in [0.5, 0.6) is 0 Å². The number of aliphatic carboxylic acids is 1. The van der Waals surface area contributed by atoms with Gasteiger partial charge in [0.05, 0.1) is 6.61 Å². The molecule has 0 aromatic heterocycles. The van der Waals surface area contributed by atoms with E-state index < -0.39 is 18.0 Å². The molecular formula is C5H8O5. The van der Waals surface area contributed by atoms with Crippen molar-refractivity contribution in [3.8, 4) is 0 Å². The Morgan fingerprint density at radius 2 is 2.10 bits per heavy atom. The van der Waals surface area contributed by atoms with Crippen LogP contribution in [0.1, 0.15) is 6.92 Å². The molecule has 5 heteroatoms. The average molecular weight is 148 g/mol. The van der Waals surface area contributed by atoms with Crippen LogP contribution in [-0.2, 0) is 14.3 Å². The Bertz CT molecular complexity index is 141. The number of esters is 1. The first kappa shape index (κ1) is 8.90. The van der Waals surface area contributed by atoms with E-state index in [1.165, 1.54) is 6.92 Å². The van der Waals surface area contributed by atoms with Crippen LogP contribution in [0.25, 0.3) is 0 Å². The summed E-state index contributed by atoms with van der Waals surface area (Å²) < 4.78 is 4.20. The lowest BCUT2D eigenvalue weighted by Crippen LogP contribution is -2.31. The average Bonchev–Trinajstić information content (AvgIpc) is 1.87. The zero-order valence-corrected chi connectivity index (χ0v) is 5.40. The normalized spacial score (nSPS) is 12.2. The minimum absolute atomic E-state index is 0.0587. The zero-order valence-electron chi connectivity index (χ0n) is 5.40. The summed E-state index contributed by atoms with van der Waals surface area (Å²) in [5, 5.41) is 16.5. The van der Waals surface area contributed by atoms with Crippen LogP contribution in [0, 0.1) is 0 Å². The number of carboxylic acid groups (broad SMARTS) is 1. The van der Waals surface area contributed by atoms with Crippen molar-refractivity contribution in [2.45, 2.75) is 13.0 Å². The summed E-state index contributed by atoms with van der Waals surface area (Å²) in [6.07, 6.45) is -2.06. The van der Waals surface area contributed by atoms with E-state index in [2.05, 4.69) is 4.74 Å². The van der Waals surface area contributed by atoms with Crippen molar-refractivity contribution in [3.63, 3.8) is 0 Å². The molecule has 1 atom stereocenters. The Morgan fingerprint density at radius 1 is 1.60 bits per heavy atom. The molecule has 0 aliphatic heterocycles. The number of carbonyl (C=O) groups is 2. The van der Waals surface area contributed by atoms with Crippen molar-refractivity contribution in [1.29, 1.82) is 0 Å². The fourth-order valence-corrected chi connectivity index (χ4v) is 0.322. The smallest absolute Gasteiger partial charge is 0.346 e. The fourth-order valence-electron chi connectivity index (χ4n) is 0.322. The van der Waals surface area contributed by atoms with Gasteiger partial charge in [-0.2, -0.15) is 0 Å². The highest BCUT2D eigenvalue weighted by molar-refractivity contribution is 5.96. The third-order valence-electron chi connectivity index (χ3n) is 0.744. The maximum absolute atomic E-state index is 10.3. The Balaban J connectivity index is 3.82. The Kier molecular flexibility index (Phi) is 3.42. The van der Waals surface area contributed by atoms with E-state index in [1.54, 1.807) is 0 Å². The Morgan fingerprint density at radius 3 is 2.40 bits per heavy atom. The molecule has 0 saturated carbocycles. The van der Waals surface area contributed by atoms with Gasteiger partial charge in [-0.05, 0) is 6.92 Å². The molecule has 0 spiro atoms. The molecule has 1 unspecified atom stereocenters. The maximum Gasteiger partial charge on any atom is 0.346 e. The number of rotatable bonds is 3. The van der Waals surface area contributed by atoms with Crippen molar-refractivity contribution < 1.29 is 24.5 Å². The highest BCUT2D eigenvalue weighted by Crippen LogP contribution is 1.87. The third kappa shape index (κ3) is 2.45. The van der Waals surface area contributed by atoms with E-state index in [9.17, 15) is 9.59 Å². The Hall–Kier alpha value is -1.10. The summed E-state index contributed by atoms with van der Waals surface area (Å²) in [5.41, 5.74) is 0. The van der Waals surface area contributed by atoms with Gasteiger partial charge in [-0.1, -0.05) is 0 Å². The molecule has 0 radical (unpaired) electrons. The first-order chi connectivity index (χ1) is 4.59. The minimum Gasteiger partial charge on any atom is -0.479 e. The number of hydrogen-bond donors (Lipinski definition) is 2. The van der Waals surface area contributed by atoms with Gasteiger partial charge in [0, 0.05) is 0 Å². The second-order valence-electron chi connectivity index (χ2n) is 1.49. The number of carbonyl (C=O) groups excluding carboxylic acids is 1. The predicted octanol–water partition coefficient (Wildman–Crippen LogP) is -1.01. The van der Waals surface area contributed by atoms with Gasteiger partial charge < -0.3 is 14.9 Å². The molecule has 58 valence electrons. The van der Waals surface area contributed by atoms with Crippen LogP contribution in [0.15, 0.2) is 0 Å². The van der Waals surface area contributed by atoms with Crippen molar-refractivity contribution in [1.82, 2.24) is 0 Å². The van der Waals surface area contributed by atoms with Gasteiger partial charge in [0.25, 0.3) is 0 Å². The van der Waals surface area contributed by atoms with E-state index in [0.29, 0.717) is 0 Å². The van der Waals surface area contributed by atoms with Crippen LogP contribution in [0.3, 0.4) is 0 Å². The lowest BCUT2D eigenvalue weighted by Gasteiger charge is -2.02. The molecule has 0 aromatic carbocycles. The van der Waals surface area contributed by atoms with Crippen LogP contribution >= 0.6 is 0 Å². The monoisotopic (exact) mass is 148 g/mol. The molecule has 0 saturated heterocycles. The maximum atomic E-state index is 10.3. The summed E-state index contributed by atoms with van der Waals surface area (Å²) in [7, 11) is 0. The second kappa shape index (κ2) is 3.84. The molecule has 0 amide bonds. The van der Waals surface area contributed by atoms with Crippen molar-refractivity contribution in [2.75, 3.05) is 6.61 Å². The number of aliphatic hydroxyl groups is 1. The zero-order chi connectivity index (χ0) is 8.15. The van der Waals surface area contributed by atoms with Gasteiger partial charge in [-0.25, -0.2) is 9.59 Å². The van der Waals surface area contributed by atoms with Crippen LogP contribution in [0.2, 0.25) is 0 Å². The molecule has 0 aliphatic carbocycles. The summed E-state index contributed by atoms with van der Waals surface area (Å²) in [5.74, 6) is -2.73. The third-order valence-corrected chi connectivity index (χ3v) is 0.744. The Labute approximate surface area is 57.2 Å². The molecule has 0 rings (SSSR count). The van der Waals surface area contributed by atoms with Gasteiger partial charge in [0.1, 0.15) is 0 Å². The van der Waals surface area contributed by atoms with E-state index in [-0.39, 0.29) is 6.61 Å². The number of aliphatic hydroxyl groups excluding tert-OH is 1. The van der Waals surface area contributed by atoms with E-state index in [0.717, 1.165) is 0 Å². The van der Waals surface area contributed by atoms with Gasteiger partial charge in [0.15, 0.2) is 0 Å². The molecular weight excluding hydrogens is 140 g/mol. The molecule has 0 aromatic rings. The lowest BCUT2D eigenvalue weighted by molar-refractivity contribution is -0.164. The highest BCUT2D eigenvalue weighted by Gasteiger charge is 2.23. The summed E-state index contributed by atoms with van der Waals surface area (Å²) in [6, 6.07) is 0. The first-order valence-corrected chi connectivity index (χ1v) is 2.67. The van der Waals surface area contributed by atoms with E-state index >= 15 is 0 Å². The standard InChI is InChI=1S/C5H8O5/c1-2-10-5(9)3(6)4(7)8/h3,6H,2H2,1H3,(H,7,8). The topological polar surface area (TPSA) is 83.8 Å². The van der Waals surface area contributed by atoms with E-state index in [1.807, 2.05) is 0 Å². The number of ether oxygens (including phenoxy) is 1. The summed E-state index contributed by atoms with van der Waals surface area (Å²) in [4.78, 5) is 20.2. The van der Waals surface area contributed by atoms with Gasteiger partial charge in [0.2, 0.25) is 6.10 Å². The molecule has 5 nitrogen and oxygen atoms in total. The summed E-state index contributed by atoms with van der Waals surface area (Å²) >= 11 is 0. The van der Waals surface area contributed by atoms with Crippen LogP contribution in [0.4, 0.5) is 0 Å². The second-order valence-corrected chi connectivity index (χ2v) is 1.49.